The summed E-state index contributed by atoms with van der Waals surface area (Å²) in [5.74, 6) is 1.60. The van der Waals surface area contributed by atoms with Gasteiger partial charge in [0.05, 0.1) is 25.5 Å². The SMILES string of the molecule is COCC1=NC(c2ccnc(N3CCN(C(=O)OCC(C)(C)C)CC3)c2)=NC1. The molecule has 0 N–H and O–H groups in total. The second kappa shape index (κ2) is 8.68. The number of pyridine rings is 1. The van der Waals surface area contributed by atoms with Crippen LogP contribution in [0.2, 0.25) is 0 Å². The molecule has 1 aromatic rings. The van der Waals surface area contributed by atoms with Crippen molar-refractivity contribution in [1.82, 2.24) is 9.88 Å². The average Bonchev–Trinajstić information content (AvgIpc) is 3.15. The summed E-state index contributed by atoms with van der Waals surface area (Å²) < 4.78 is 10.5. The van der Waals surface area contributed by atoms with Gasteiger partial charge in [-0.1, -0.05) is 20.8 Å². The topological polar surface area (TPSA) is 79.6 Å². The van der Waals surface area contributed by atoms with Gasteiger partial charge in [-0.05, 0) is 17.5 Å². The minimum Gasteiger partial charge on any atom is -0.449 e. The first-order chi connectivity index (χ1) is 13.4. The summed E-state index contributed by atoms with van der Waals surface area (Å²) in [5, 5.41) is 0. The number of piperazine rings is 1. The van der Waals surface area contributed by atoms with Crippen molar-refractivity contribution < 1.29 is 14.3 Å². The monoisotopic (exact) mass is 387 g/mol. The molecular weight excluding hydrogens is 358 g/mol. The van der Waals surface area contributed by atoms with Crippen LogP contribution in [-0.2, 0) is 9.47 Å². The van der Waals surface area contributed by atoms with Crippen molar-refractivity contribution in [3.63, 3.8) is 0 Å². The van der Waals surface area contributed by atoms with Crippen molar-refractivity contribution in [3.8, 4) is 0 Å². The number of aromatic nitrogens is 1. The van der Waals surface area contributed by atoms with Crippen molar-refractivity contribution in [2.45, 2.75) is 20.8 Å². The molecule has 1 saturated heterocycles. The van der Waals surface area contributed by atoms with Gasteiger partial charge in [0.25, 0.3) is 0 Å². The minimum atomic E-state index is -0.239. The number of carbonyl (C=O) groups excluding carboxylic acids is 1. The first-order valence-electron chi connectivity index (χ1n) is 9.58. The number of hydrogen-bond donors (Lipinski definition) is 0. The molecule has 3 heterocycles. The lowest BCUT2D eigenvalue weighted by atomic mass is 9.99. The molecule has 8 nitrogen and oxygen atoms in total. The number of hydrogen-bond acceptors (Lipinski definition) is 7. The van der Waals surface area contributed by atoms with Crippen LogP contribution in [-0.4, -0.2) is 80.6 Å². The molecule has 1 amide bonds. The lowest BCUT2D eigenvalue weighted by Crippen LogP contribution is -2.49. The number of rotatable bonds is 5. The number of aliphatic imine (C=N–C) groups is 2. The lowest BCUT2D eigenvalue weighted by molar-refractivity contribution is 0.0707. The van der Waals surface area contributed by atoms with Gasteiger partial charge in [-0.25, -0.2) is 14.8 Å². The average molecular weight is 387 g/mol. The van der Waals surface area contributed by atoms with Gasteiger partial charge < -0.3 is 19.3 Å². The fourth-order valence-electron chi connectivity index (χ4n) is 3.01. The van der Waals surface area contributed by atoms with Crippen molar-refractivity contribution in [2.75, 3.05) is 57.9 Å². The zero-order valence-electron chi connectivity index (χ0n) is 17.1. The second-order valence-electron chi connectivity index (χ2n) is 8.24. The molecular formula is C20H29N5O3. The smallest absolute Gasteiger partial charge is 0.409 e. The Morgan fingerprint density at radius 2 is 1.96 bits per heavy atom. The third kappa shape index (κ3) is 5.28. The van der Waals surface area contributed by atoms with E-state index in [1.54, 1.807) is 18.2 Å². The number of ether oxygens (including phenoxy) is 2. The number of amidine groups is 1. The lowest BCUT2D eigenvalue weighted by Gasteiger charge is -2.35. The molecule has 1 fully saturated rings. The van der Waals surface area contributed by atoms with E-state index in [0.29, 0.717) is 45.9 Å². The van der Waals surface area contributed by atoms with Crippen LogP contribution < -0.4 is 4.90 Å². The van der Waals surface area contributed by atoms with Gasteiger partial charge in [-0.2, -0.15) is 0 Å². The van der Waals surface area contributed by atoms with E-state index in [0.717, 1.165) is 22.9 Å². The van der Waals surface area contributed by atoms with Crippen LogP contribution >= 0.6 is 0 Å². The van der Waals surface area contributed by atoms with E-state index in [9.17, 15) is 4.79 Å². The molecule has 152 valence electrons. The van der Waals surface area contributed by atoms with Crippen molar-refractivity contribution in [1.29, 1.82) is 0 Å². The minimum absolute atomic E-state index is 0.0313. The Balaban J connectivity index is 1.57. The van der Waals surface area contributed by atoms with Crippen LogP contribution in [0, 0.1) is 5.41 Å². The summed E-state index contributed by atoms with van der Waals surface area (Å²) in [7, 11) is 1.66. The van der Waals surface area contributed by atoms with Crippen molar-refractivity contribution >= 4 is 23.5 Å². The summed E-state index contributed by atoms with van der Waals surface area (Å²) in [6.07, 6.45) is 1.54. The maximum atomic E-state index is 12.2. The van der Waals surface area contributed by atoms with Gasteiger partial charge >= 0.3 is 6.09 Å². The predicted molar refractivity (Wildman–Crippen MR) is 110 cm³/mol. The molecule has 0 aromatic carbocycles. The molecule has 0 saturated carbocycles. The van der Waals surface area contributed by atoms with E-state index in [1.165, 1.54) is 0 Å². The fourth-order valence-corrected chi connectivity index (χ4v) is 3.01. The molecule has 28 heavy (non-hydrogen) atoms. The van der Waals surface area contributed by atoms with Crippen molar-refractivity contribution in [2.24, 2.45) is 15.4 Å². The Morgan fingerprint density at radius 3 is 2.64 bits per heavy atom. The highest BCUT2D eigenvalue weighted by molar-refractivity contribution is 6.12. The van der Waals surface area contributed by atoms with E-state index in [-0.39, 0.29) is 11.5 Å². The highest BCUT2D eigenvalue weighted by Gasteiger charge is 2.25. The van der Waals surface area contributed by atoms with E-state index in [4.69, 9.17) is 9.47 Å². The molecule has 3 rings (SSSR count). The highest BCUT2D eigenvalue weighted by atomic mass is 16.6. The van der Waals surface area contributed by atoms with E-state index in [1.807, 2.05) is 32.9 Å². The Hall–Kier alpha value is -2.48. The zero-order valence-corrected chi connectivity index (χ0v) is 17.1. The largest absolute Gasteiger partial charge is 0.449 e. The molecule has 0 radical (unpaired) electrons. The highest BCUT2D eigenvalue weighted by Crippen LogP contribution is 2.19. The summed E-state index contributed by atoms with van der Waals surface area (Å²) in [6, 6.07) is 3.92. The van der Waals surface area contributed by atoms with Gasteiger partial charge in [-0.15, -0.1) is 0 Å². The predicted octanol–water partition coefficient (Wildman–Crippen LogP) is 2.23. The third-order valence-electron chi connectivity index (χ3n) is 4.48. The Bertz CT molecular complexity index is 761. The molecule has 2 aliphatic heterocycles. The summed E-state index contributed by atoms with van der Waals surface area (Å²) in [6.45, 7) is 10.3. The van der Waals surface area contributed by atoms with Gasteiger partial charge in [-0.3, -0.25) is 4.99 Å². The van der Waals surface area contributed by atoms with E-state index < -0.39 is 0 Å². The summed E-state index contributed by atoms with van der Waals surface area (Å²) in [5.41, 5.74) is 1.84. The Labute approximate surface area is 166 Å². The van der Waals surface area contributed by atoms with E-state index >= 15 is 0 Å². The van der Waals surface area contributed by atoms with Crippen LogP contribution in [0.15, 0.2) is 28.3 Å². The number of carbonyl (C=O) groups is 1. The van der Waals surface area contributed by atoms with Crippen molar-refractivity contribution in [3.05, 3.63) is 23.9 Å². The third-order valence-corrected chi connectivity index (χ3v) is 4.48. The summed E-state index contributed by atoms with van der Waals surface area (Å²) in [4.78, 5) is 29.7. The Kier molecular flexibility index (Phi) is 6.28. The maximum Gasteiger partial charge on any atom is 0.409 e. The number of methoxy groups -OCH3 is 1. The van der Waals surface area contributed by atoms with Gasteiger partial charge in [0.2, 0.25) is 0 Å². The maximum absolute atomic E-state index is 12.2. The molecule has 0 bridgehead atoms. The molecule has 0 unspecified atom stereocenters. The van der Waals surface area contributed by atoms with E-state index in [2.05, 4.69) is 19.9 Å². The molecule has 0 atom stereocenters. The molecule has 1 aromatic heterocycles. The Morgan fingerprint density at radius 1 is 1.21 bits per heavy atom. The quantitative estimate of drug-likeness (QED) is 0.774. The summed E-state index contributed by atoms with van der Waals surface area (Å²) >= 11 is 0. The molecule has 0 aliphatic carbocycles. The second-order valence-corrected chi connectivity index (χ2v) is 8.24. The zero-order chi connectivity index (χ0) is 20.1. The number of amides is 1. The standard InChI is InChI=1S/C20H29N5O3/c1-20(2,3)14-28-19(26)25-9-7-24(8-10-25)17-11-15(5-6-21-17)18-22-12-16(23-18)13-27-4/h5-6,11H,7-10,12-14H2,1-4H3. The number of anilines is 1. The van der Waals surface area contributed by atoms with Gasteiger partial charge in [0.1, 0.15) is 5.82 Å². The van der Waals surface area contributed by atoms with Crippen LogP contribution in [0.5, 0.6) is 0 Å². The fraction of sp³-hybridized carbons (Fsp3) is 0.600. The first kappa shape index (κ1) is 20.3. The van der Waals surface area contributed by atoms with Gasteiger partial charge in [0.15, 0.2) is 5.84 Å². The molecule has 8 heteroatoms. The number of nitrogens with zero attached hydrogens (tertiary/aromatic N) is 5. The van der Waals surface area contributed by atoms with Gasteiger partial charge in [0, 0.05) is 45.0 Å². The van der Waals surface area contributed by atoms with Crippen LogP contribution in [0.1, 0.15) is 26.3 Å². The van der Waals surface area contributed by atoms with Crippen LogP contribution in [0.4, 0.5) is 10.6 Å². The molecule has 2 aliphatic rings. The molecule has 0 spiro atoms. The first-order valence-corrected chi connectivity index (χ1v) is 9.58. The van der Waals surface area contributed by atoms with Crippen LogP contribution in [0.25, 0.3) is 0 Å². The normalized spacial score (nSPS) is 17.4. The van der Waals surface area contributed by atoms with Crippen LogP contribution in [0.3, 0.4) is 0 Å².